The van der Waals surface area contributed by atoms with Crippen LogP contribution < -0.4 is 5.32 Å². The molecule has 0 aromatic heterocycles. The van der Waals surface area contributed by atoms with Crippen LogP contribution in [0.3, 0.4) is 0 Å². The summed E-state index contributed by atoms with van der Waals surface area (Å²) >= 11 is 1.77. The highest BCUT2D eigenvalue weighted by Gasteiger charge is 2.20. The van der Waals surface area contributed by atoms with Crippen molar-refractivity contribution in [2.75, 3.05) is 12.3 Å². The summed E-state index contributed by atoms with van der Waals surface area (Å²) in [6, 6.07) is 0. The van der Waals surface area contributed by atoms with Crippen molar-refractivity contribution in [2.45, 2.75) is 31.4 Å². The van der Waals surface area contributed by atoms with E-state index in [9.17, 15) is 4.79 Å². The Kier molecular flexibility index (Phi) is 4.77. The number of nitrogens with one attached hydrogen (secondary N) is 1. The number of carbonyl (C=O) groups is 1. The lowest BCUT2D eigenvalue weighted by Crippen LogP contribution is -2.34. The van der Waals surface area contributed by atoms with Gasteiger partial charge in [0.05, 0.1) is 11.8 Å². The van der Waals surface area contributed by atoms with Gasteiger partial charge in [0.25, 0.3) is 0 Å². The van der Waals surface area contributed by atoms with E-state index in [0.717, 1.165) is 12.2 Å². The van der Waals surface area contributed by atoms with Gasteiger partial charge in [0.2, 0.25) is 5.91 Å². The Hall–Kier alpha value is -0.620. The zero-order chi connectivity index (χ0) is 9.52. The molecule has 1 atom stereocenters. The summed E-state index contributed by atoms with van der Waals surface area (Å²) in [4.78, 5) is 11.5. The molecule has 1 aliphatic heterocycles. The average molecular weight is 197 g/mol. The van der Waals surface area contributed by atoms with Gasteiger partial charge in [-0.3, -0.25) is 4.79 Å². The van der Waals surface area contributed by atoms with E-state index in [1.807, 2.05) is 0 Å². The zero-order valence-electron chi connectivity index (χ0n) is 7.93. The number of amides is 1. The predicted octanol–water partition coefficient (Wildman–Crippen LogP) is 1.41. The van der Waals surface area contributed by atoms with Crippen molar-refractivity contribution >= 4 is 17.7 Å². The Balaban J connectivity index is 2.23. The van der Waals surface area contributed by atoms with Crippen LogP contribution in [0.1, 0.15) is 26.2 Å². The van der Waals surface area contributed by atoms with Gasteiger partial charge in [0, 0.05) is 0 Å². The van der Waals surface area contributed by atoms with Crippen LogP contribution in [0.15, 0.2) is 0 Å². The fourth-order valence-corrected chi connectivity index (χ4v) is 2.50. The summed E-state index contributed by atoms with van der Waals surface area (Å²) in [5.41, 5.74) is 0. The smallest absolute Gasteiger partial charge is 0.233 e. The average Bonchev–Trinajstić information content (AvgIpc) is 2.19. The standard InChI is InChI=1S/C10H15NOS/c1-2-3-7-11-10(12)9-6-4-5-8-13-9/h9H,4-8H2,1H3,(H,11,12). The zero-order valence-corrected chi connectivity index (χ0v) is 8.75. The summed E-state index contributed by atoms with van der Waals surface area (Å²) in [7, 11) is 0. The fraction of sp³-hybridized carbons (Fsp3) is 0.700. The van der Waals surface area contributed by atoms with Crippen molar-refractivity contribution in [2.24, 2.45) is 0 Å². The fourth-order valence-electron chi connectivity index (χ4n) is 1.28. The molecule has 1 rings (SSSR count). The highest BCUT2D eigenvalue weighted by molar-refractivity contribution is 8.00. The molecule has 3 heteroatoms. The summed E-state index contributed by atoms with van der Waals surface area (Å²) in [5, 5.41) is 2.99. The first-order valence-corrected chi connectivity index (χ1v) is 5.68. The lowest BCUT2D eigenvalue weighted by Gasteiger charge is -2.19. The van der Waals surface area contributed by atoms with Gasteiger partial charge in [0.1, 0.15) is 0 Å². The van der Waals surface area contributed by atoms with Crippen LogP contribution in [0.25, 0.3) is 0 Å². The quantitative estimate of drug-likeness (QED) is 0.678. The van der Waals surface area contributed by atoms with Gasteiger partial charge in [-0.1, -0.05) is 12.3 Å². The molecule has 0 spiro atoms. The molecule has 0 radical (unpaired) electrons. The third-order valence-electron chi connectivity index (χ3n) is 2.00. The molecular formula is C10H15NOS. The molecule has 2 nitrogen and oxygen atoms in total. The molecule has 1 amide bonds. The highest BCUT2D eigenvalue weighted by atomic mass is 32.2. The second kappa shape index (κ2) is 5.93. The van der Waals surface area contributed by atoms with E-state index in [-0.39, 0.29) is 11.2 Å². The summed E-state index contributed by atoms with van der Waals surface area (Å²) < 4.78 is 0. The van der Waals surface area contributed by atoms with E-state index >= 15 is 0 Å². The third-order valence-corrected chi connectivity index (χ3v) is 3.38. The lowest BCUT2D eigenvalue weighted by molar-refractivity contribution is -0.120. The van der Waals surface area contributed by atoms with Crippen LogP contribution in [0.2, 0.25) is 0 Å². The molecule has 0 aromatic carbocycles. The normalized spacial score (nSPS) is 21.5. The predicted molar refractivity (Wildman–Crippen MR) is 56.6 cm³/mol. The van der Waals surface area contributed by atoms with E-state index in [1.165, 1.54) is 12.8 Å². The first kappa shape index (κ1) is 10.5. The van der Waals surface area contributed by atoms with Gasteiger partial charge >= 0.3 is 0 Å². The van der Waals surface area contributed by atoms with Crippen LogP contribution in [0, 0.1) is 11.8 Å². The molecule has 0 aliphatic carbocycles. The summed E-state index contributed by atoms with van der Waals surface area (Å²) in [6.45, 7) is 2.27. The van der Waals surface area contributed by atoms with Crippen molar-refractivity contribution in [1.82, 2.24) is 5.32 Å². The minimum Gasteiger partial charge on any atom is -0.344 e. The van der Waals surface area contributed by atoms with Crippen LogP contribution in [-0.2, 0) is 4.79 Å². The largest absolute Gasteiger partial charge is 0.344 e. The van der Waals surface area contributed by atoms with Crippen molar-refractivity contribution < 1.29 is 4.79 Å². The van der Waals surface area contributed by atoms with Gasteiger partial charge in [-0.25, -0.2) is 0 Å². The summed E-state index contributed by atoms with van der Waals surface area (Å²) in [6.07, 6.45) is 3.46. The Morgan fingerprint density at radius 2 is 2.46 bits per heavy atom. The molecule has 72 valence electrons. The monoisotopic (exact) mass is 197 g/mol. The van der Waals surface area contributed by atoms with E-state index in [4.69, 9.17) is 0 Å². The number of carbonyl (C=O) groups excluding carboxylic acids is 1. The maximum Gasteiger partial charge on any atom is 0.233 e. The Morgan fingerprint density at radius 1 is 1.62 bits per heavy atom. The van der Waals surface area contributed by atoms with E-state index < -0.39 is 0 Å². The molecule has 1 aliphatic rings. The van der Waals surface area contributed by atoms with Gasteiger partial charge in [-0.15, -0.1) is 17.7 Å². The van der Waals surface area contributed by atoms with Crippen molar-refractivity contribution in [3.8, 4) is 11.8 Å². The second-order valence-corrected chi connectivity index (χ2v) is 4.31. The number of rotatable bonds is 2. The molecule has 1 fully saturated rings. The van der Waals surface area contributed by atoms with Crippen molar-refractivity contribution in [1.29, 1.82) is 0 Å². The van der Waals surface area contributed by atoms with Crippen LogP contribution in [0.5, 0.6) is 0 Å². The van der Waals surface area contributed by atoms with Crippen LogP contribution in [-0.4, -0.2) is 23.5 Å². The van der Waals surface area contributed by atoms with E-state index in [1.54, 1.807) is 18.7 Å². The molecule has 0 aromatic rings. The molecule has 1 heterocycles. The highest BCUT2D eigenvalue weighted by Crippen LogP contribution is 2.24. The van der Waals surface area contributed by atoms with Crippen molar-refractivity contribution in [3.63, 3.8) is 0 Å². The number of hydrogen-bond acceptors (Lipinski definition) is 2. The second-order valence-electron chi connectivity index (χ2n) is 3.00. The first-order valence-electron chi connectivity index (χ1n) is 4.63. The molecule has 1 N–H and O–H groups in total. The Bertz CT molecular complexity index is 223. The molecular weight excluding hydrogens is 182 g/mol. The molecule has 0 saturated carbocycles. The maximum atomic E-state index is 11.5. The number of hydrogen-bond donors (Lipinski definition) is 1. The first-order chi connectivity index (χ1) is 6.34. The van der Waals surface area contributed by atoms with Gasteiger partial charge < -0.3 is 5.32 Å². The minimum absolute atomic E-state index is 0.160. The third kappa shape index (κ3) is 3.73. The van der Waals surface area contributed by atoms with Gasteiger partial charge in [-0.05, 0) is 25.5 Å². The summed E-state index contributed by atoms with van der Waals surface area (Å²) in [5.74, 6) is 6.86. The molecule has 0 bridgehead atoms. The minimum atomic E-state index is 0.160. The Morgan fingerprint density at radius 3 is 3.08 bits per heavy atom. The van der Waals surface area contributed by atoms with E-state index in [0.29, 0.717) is 6.54 Å². The number of thioether (sulfide) groups is 1. The molecule has 1 saturated heterocycles. The SMILES string of the molecule is CC#CCNC(=O)C1CCCCS1. The van der Waals surface area contributed by atoms with Crippen molar-refractivity contribution in [3.05, 3.63) is 0 Å². The van der Waals surface area contributed by atoms with Crippen LogP contribution >= 0.6 is 11.8 Å². The van der Waals surface area contributed by atoms with E-state index in [2.05, 4.69) is 17.2 Å². The van der Waals surface area contributed by atoms with Crippen LogP contribution in [0.4, 0.5) is 0 Å². The van der Waals surface area contributed by atoms with Gasteiger partial charge in [-0.2, -0.15) is 0 Å². The van der Waals surface area contributed by atoms with Gasteiger partial charge in [0.15, 0.2) is 0 Å². The maximum absolute atomic E-state index is 11.5. The lowest BCUT2D eigenvalue weighted by atomic mass is 10.2. The molecule has 1 unspecified atom stereocenters. The Labute approximate surface area is 83.9 Å². The topological polar surface area (TPSA) is 29.1 Å². The molecule has 13 heavy (non-hydrogen) atoms.